The lowest BCUT2D eigenvalue weighted by Crippen LogP contribution is -2.24. The van der Waals surface area contributed by atoms with Gasteiger partial charge in [-0.05, 0) is 102 Å². The Morgan fingerprint density at radius 3 is 2.06 bits per heavy atom. The second-order valence-electron chi connectivity index (χ2n) is 14.8. The number of fused-ring (bicyclic) bond motifs is 4. The number of hydrogen-bond donors (Lipinski definition) is 0. The molecule has 6 heteroatoms. The summed E-state index contributed by atoms with van der Waals surface area (Å²) in [6.07, 6.45) is 1.92. The smallest absolute Gasteiger partial charge is 0.137 e. The lowest BCUT2D eigenvalue weighted by atomic mass is 9.87. The van der Waals surface area contributed by atoms with E-state index < -0.39 is 0 Å². The molecular weight excluding hydrogens is 656 g/mol. The molecule has 1 aliphatic rings. The molecule has 8 aromatic rings. The van der Waals surface area contributed by atoms with Gasteiger partial charge < -0.3 is 14.5 Å². The van der Waals surface area contributed by atoms with Crippen molar-refractivity contribution in [3.63, 3.8) is 0 Å². The average Bonchev–Trinajstić information content (AvgIpc) is 3.71. The molecule has 0 aliphatic carbocycles. The van der Waals surface area contributed by atoms with Crippen LogP contribution in [-0.2, 0) is 5.41 Å². The Morgan fingerprint density at radius 1 is 0.623 bits per heavy atom. The molecule has 9 rings (SSSR count). The number of ether oxygens (including phenoxy) is 1. The minimum Gasteiger partial charge on any atom is -0.457 e. The molecule has 53 heavy (non-hydrogen) atoms. The van der Waals surface area contributed by atoms with Gasteiger partial charge in [0.1, 0.15) is 29.8 Å². The zero-order chi connectivity index (χ0) is 36.3. The number of rotatable bonds is 6. The lowest BCUT2D eigenvalue weighted by molar-refractivity contribution is 0.483. The van der Waals surface area contributed by atoms with Crippen molar-refractivity contribution < 1.29 is 9.13 Å². The molecule has 3 heterocycles. The van der Waals surface area contributed by atoms with Crippen LogP contribution < -0.4 is 14.5 Å². The molecule has 6 aromatic carbocycles. The zero-order valence-electron chi connectivity index (χ0n) is 30.2. The fourth-order valence-electron chi connectivity index (χ4n) is 7.51. The molecule has 0 atom stereocenters. The SMILES string of the molecule is Cc1cc(-n2c3ccc(F)cc3c3ccc(Oc4cccc(N5CN(c6cccc(C(C)(C)C)c6)c6ccccc65)c4)cc32)ncc1-c1ccccc1. The number of pyridine rings is 1. The first-order chi connectivity index (χ1) is 25.7. The first kappa shape index (κ1) is 32.5. The third-order valence-corrected chi connectivity index (χ3v) is 10.2. The number of aromatic nitrogens is 2. The highest BCUT2D eigenvalue weighted by molar-refractivity contribution is 6.09. The van der Waals surface area contributed by atoms with Gasteiger partial charge in [-0.25, -0.2) is 9.37 Å². The topological polar surface area (TPSA) is 33.5 Å². The molecule has 1 aliphatic heterocycles. The summed E-state index contributed by atoms with van der Waals surface area (Å²) in [5, 5.41) is 1.75. The Balaban J connectivity index is 1.07. The second kappa shape index (κ2) is 12.7. The molecule has 0 saturated heterocycles. The van der Waals surface area contributed by atoms with Crippen molar-refractivity contribution in [1.82, 2.24) is 9.55 Å². The summed E-state index contributed by atoms with van der Waals surface area (Å²) in [4.78, 5) is 9.63. The maximum Gasteiger partial charge on any atom is 0.137 e. The van der Waals surface area contributed by atoms with E-state index >= 15 is 0 Å². The Hall–Kier alpha value is -6.40. The zero-order valence-corrected chi connectivity index (χ0v) is 30.2. The van der Waals surface area contributed by atoms with E-state index in [-0.39, 0.29) is 11.2 Å². The van der Waals surface area contributed by atoms with E-state index in [0.29, 0.717) is 12.4 Å². The molecule has 2 aromatic heterocycles. The summed E-state index contributed by atoms with van der Waals surface area (Å²) >= 11 is 0. The molecule has 0 unspecified atom stereocenters. The highest BCUT2D eigenvalue weighted by Crippen LogP contribution is 2.45. The largest absolute Gasteiger partial charge is 0.457 e. The van der Waals surface area contributed by atoms with Crippen LogP contribution in [0.3, 0.4) is 0 Å². The van der Waals surface area contributed by atoms with E-state index in [0.717, 1.165) is 61.4 Å². The standard InChI is InChI=1S/C47H39FN4O/c1-31-24-46(49-29-41(31)32-12-6-5-7-13-32)52-42-23-20-34(48)26-40(42)39-22-21-38(28-45(39)52)53-37-17-11-16-36(27-37)51-30-50(43-18-8-9-19-44(43)51)35-15-10-14-33(25-35)47(2,3)4/h5-29H,30H2,1-4H3. The Morgan fingerprint density at radius 2 is 1.32 bits per heavy atom. The van der Waals surface area contributed by atoms with Crippen LogP contribution in [0.2, 0.25) is 0 Å². The van der Waals surface area contributed by atoms with Gasteiger partial charge in [0.15, 0.2) is 0 Å². The van der Waals surface area contributed by atoms with Crippen molar-refractivity contribution in [1.29, 1.82) is 0 Å². The van der Waals surface area contributed by atoms with Crippen LogP contribution in [0.15, 0.2) is 152 Å². The number of para-hydroxylation sites is 2. The first-order valence-corrected chi connectivity index (χ1v) is 18.0. The monoisotopic (exact) mass is 694 g/mol. The molecule has 0 amide bonds. The summed E-state index contributed by atoms with van der Waals surface area (Å²) in [6, 6.07) is 48.9. The Labute approximate surface area is 309 Å². The fourth-order valence-corrected chi connectivity index (χ4v) is 7.51. The number of benzene rings is 6. The second-order valence-corrected chi connectivity index (χ2v) is 14.8. The van der Waals surface area contributed by atoms with Gasteiger partial charge in [-0.1, -0.05) is 81.4 Å². The molecule has 0 bridgehead atoms. The minimum absolute atomic E-state index is 0.0522. The third-order valence-electron chi connectivity index (χ3n) is 10.2. The highest BCUT2D eigenvalue weighted by Gasteiger charge is 2.29. The van der Waals surface area contributed by atoms with E-state index in [1.807, 2.05) is 60.8 Å². The number of halogens is 1. The molecule has 0 N–H and O–H groups in total. The lowest BCUT2D eigenvalue weighted by Gasteiger charge is -2.25. The number of hydrogen-bond acceptors (Lipinski definition) is 4. The minimum atomic E-state index is -0.277. The van der Waals surface area contributed by atoms with Crippen LogP contribution >= 0.6 is 0 Å². The van der Waals surface area contributed by atoms with Gasteiger partial charge in [-0.15, -0.1) is 0 Å². The van der Waals surface area contributed by atoms with Crippen molar-refractivity contribution in [3.8, 4) is 28.4 Å². The van der Waals surface area contributed by atoms with Crippen molar-refractivity contribution in [3.05, 3.63) is 169 Å². The molecule has 260 valence electrons. The summed E-state index contributed by atoms with van der Waals surface area (Å²) < 4.78 is 23.3. The quantitative estimate of drug-likeness (QED) is 0.173. The van der Waals surface area contributed by atoms with Gasteiger partial charge in [0.2, 0.25) is 0 Å². The summed E-state index contributed by atoms with van der Waals surface area (Å²) in [5.41, 5.74) is 10.9. The van der Waals surface area contributed by atoms with Crippen LogP contribution in [0, 0.1) is 12.7 Å². The van der Waals surface area contributed by atoms with E-state index in [9.17, 15) is 4.39 Å². The van der Waals surface area contributed by atoms with Crippen LogP contribution in [-0.4, -0.2) is 16.2 Å². The molecule has 0 fully saturated rings. The summed E-state index contributed by atoms with van der Waals surface area (Å²) in [7, 11) is 0. The Kier molecular flexibility index (Phi) is 7.77. The van der Waals surface area contributed by atoms with E-state index in [1.54, 1.807) is 6.07 Å². The van der Waals surface area contributed by atoms with Gasteiger partial charge in [0, 0.05) is 46.0 Å². The van der Waals surface area contributed by atoms with Gasteiger partial charge in [0.05, 0.1) is 22.4 Å². The van der Waals surface area contributed by atoms with Gasteiger partial charge >= 0.3 is 0 Å². The molecule has 0 radical (unpaired) electrons. The first-order valence-electron chi connectivity index (χ1n) is 18.0. The number of aryl methyl sites for hydroxylation is 1. The summed E-state index contributed by atoms with van der Waals surface area (Å²) in [6.45, 7) is 9.53. The van der Waals surface area contributed by atoms with E-state index in [4.69, 9.17) is 9.72 Å². The highest BCUT2D eigenvalue weighted by atomic mass is 19.1. The molecular formula is C47H39FN4O. The number of anilines is 4. The average molecular weight is 695 g/mol. The summed E-state index contributed by atoms with van der Waals surface area (Å²) in [5.74, 6) is 1.89. The van der Waals surface area contributed by atoms with Crippen LogP contribution in [0.25, 0.3) is 38.8 Å². The predicted octanol–water partition coefficient (Wildman–Crippen LogP) is 12.6. The van der Waals surface area contributed by atoms with Gasteiger partial charge in [-0.2, -0.15) is 0 Å². The third kappa shape index (κ3) is 5.86. The van der Waals surface area contributed by atoms with E-state index in [2.05, 4.69) is 121 Å². The van der Waals surface area contributed by atoms with Gasteiger partial charge in [0.25, 0.3) is 0 Å². The van der Waals surface area contributed by atoms with Crippen molar-refractivity contribution in [2.45, 2.75) is 33.1 Å². The maximum atomic E-state index is 14.6. The van der Waals surface area contributed by atoms with Crippen LogP contribution in [0.1, 0.15) is 31.9 Å². The molecule has 0 saturated carbocycles. The van der Waals surface area contributed by atoms with Crippen LogP contribution in [0.4, 0.5) is 27.1 Å². The molecule has 0 spiro atoms. The molecule has 5 nitrogen and oxygen atoms in total. The van der Waals surface area contributed by atoms with Crippen molar-refractivity contribution >= 4 is 44.6 Å². The fraction of sp³-hybridized carbons (Fsp3) is 0.128. The maximum absolute atomic E-state index is 14.6. The van der Waals surface area contributed by atoms with Crippen LogP contribution in [0.5, 0.6) is 11.5 Å². The van der Waals surface area contributed by atoms with Crippen molar-refractivity contribution in [2.24, 2.45) is 0 Å². The van der Waals surface area contributed by atoms with E-state index in [1.165, 1.54) is 23.0 Å². The normalized spacial score (nSPS) is 12.8. The van der Waals surface area contributed by atoms with Crippen molar-refractivity contribution in [2.75, 3.05) is 16.5 Å². The predicted molar refractivity (Wildman–Crippen MR) is 216 cm³/mol. The Bertz CT molecular complexity index is 2660. The number of nitrogens with zero attached hydrogens (tertiary/aromatic N) is 4. The van der Waals surface area contributed by atoms with Gasteiger partial charge in [-0.3, -0.25) is 4.57 Å².